The van der Waals surface area contributed by atoms with E-state index >= 15 is 0 Å². The van der Waals surface area contributed by atoms with Gasteiger partial charge in [-0.05, 0) is 18.6 Å². The molecule has 8 heteroatoms. The Morgan fingerprint density at radius 2 is 1.85 bits per heavy atom. The molecule has 1 heterocycles. The van der Waals surface area contributed by atoms with Crippen LogP contribution < -0.4 is 0 Å². The number of benzene rings is 1. The van der Waals surface area contributed by atoms with Crippen LogP contribution in [0.2, 0.25) is 0 Å². The summed E-state index contributed by atoms with van der Waals surface area (Å²) in [7, 11) is -7.24. The standard InChI is InChI=1S/C12H17NO4S3/c1-10-5-3-4-6-11(10)20(16,17)13-7-8-18-9-12(13)19(2,14)15/h3-6,12H,7-9H2,1-2H3. The Bertz CT molecular complexity index is 697. The van der Waals surface area contributed by atoms with Gasteiger partial charge in [-0.3, -0.25) is 0 Å². The Morgan fingerprint density at radius 3 is 2.45 bits per heavy atom. The van der Waals surface area contributed by atoms with E-state index in [-0.39, 0.29) is 17.2 Å². The maximum absolute atomic E-state index is 12.7. The summed E-state index contributed by atoms with van der Waals surface area (Å²) in [5, 5.41) is -0.981. The molecule has 0 spiro atoms. The molecule has 0 bridgehead atoms. The minimum absolute atomic E-state index is 0.181. The summed E-state index contributed by atoms with van der Waals surface area (Å²) in [6.07, 6.45) is 1.09. The summed E-state index contributed by atoms with van der Waals surface area (Å²) in [6.45, 7) is 1.93. The number of hydrogen-bond acceptors (Lipinski definition) is 5. The van der Waals surface area contributed by atoms with Crippen molar-refractivity contribution in [3.05, 3.63) is 29.8 Å². The first-order valence-corrected chi connectivity index (χ1v) is 10.6. The van der Waals surface area contributed by atoms with Crippen LogP contribution in [0.25, 0.3) is 0 Å². The Kier molecular flexibility index (Phi) is 4.48. The molecule has 112 valence electrons. The number of aryl methyl sites for hydroxylation is 1. The van der Waals surface area contributed by atoms with Crippen molar-refractivity contribution in [2.75, 3.05) is 24.3 Å². The number of sulfonamides is 1. The van der Waals surface area contributed by atoms with E-state index in [9.17, 15) is 16.8 Å². The summed E-state index contributed by atoms with van der Waals surface area (Å²) in [4.78, 5) is 0.181. The van der Waals surface area contributed by atoms with E-state index in [2.05, 4.69) is 0 Å². The van der Waals surface area contributed by atoms with Crippen LogP contribution in [0, 0.1) is 6.92 Å². The largest absolute Gasteiger partial charge is 0.244 e. The molecule has 0 aliphatic carbocycles. The van der Waals surface area contributed by atoms with Gasteiger partial charge in [0, 0.05) is 24.3 Å². The Balaban J connectivity index is 2.50. The minimum Gasteiger partial charge on any atom is -0.227 e. The van der Waals surface area contributed by atoms with Crippen molar-refractivity contribution in [1.29, 1.82) is 0 Å². The highest BCUT2D eigenvalue weighted by atomic mass is 32.2. The number of sulfone groups is 1. The third-order valence-corrected chi connectivity index (χ3v) is 8.06. The number of rotatable bonds is 3. The third kappa shape index (κ3) is 3.03. The lowest BCUT2D eigenvalue weighted by Gasteiger charge is -2.33. The summed E-state index contributed by atoms with van der Waals surface area (Å²) in [5.74, 6) is 0.890. The number of thioether (sulfide) groups is 1. The van der Waals surface area contributed by atoms with Gasteiger partial charge in [0.2, 0.25) is 10.0 Å². The quantitative estimate of drug-likeness (QED) is 0.827. The van der Waals surface area contributed by atoms with Crippen molar-refractivity contribution in [3.63, 3.8) is 0 Å². The van der Waals surface area contributed by atoms with Gasteiger partial charge in [-0.2, -0.15) is 16.1 Å². The highest BCUT2D eigenvalue weighted by Crippen LogP contribution is 2.28. The van der Waals surface area contributed by atoms with Crippen LogP contribution in [-0.4, -0.2) is 50.8 Å². The molecule has 0 aromatic heterocycles. The van der Waals surface area contributed by atoms with Gasteiger partial charge in [0.1, 0.15) is 5.37 Å². The molecule has 1 aliphatic heterocycles. The first kappa shape index (κ1) is 15.8. The Morgan fingerprint density at radius 1 is 1.20 bits per heavy atom. The van der Waals surface area contributed by atoms with Gasteiger partial charge in [0.05, 0.1) is 4.90 Å². The molecular formula is C12H17NO4S3. The highest BCUT2D eigenvalue weighted by Gasteiger charge is 2.39. The van der Waals surface area contributed by atoms with E-state index < -0.39 is 25.2 Å². The summed E-state index contributed by atoms with van der Waals surface area (Å²) >= 11 is 1.46. The molecule has 1 aliphatic rings. The summed E-state index contributed by atoms with van der Waals surface area (Å²) in [6, 6.07) is 6.63. The second kappa shape index (κ2) is 5.67. The van der Waals surface area contributed by atoms with Crippen LogP contribution in [0.4, 0.5) is 0 Å². The molecule has 0 saturated carbocycles. The van der Waals surface area contributed by atoms with Crippen molar-refractivity contribution in [1.82, 2.24) is 4.31 Å². The van der Waals surface area contributed by atoms with Gasteiger partial charge < -0.3 is 0 Å². The first-order chi connectivity index (χ1) is 9.24. The molecular weight excluding hydrogens is 318 g/mol. The fourth-order valence-corrected chi connectivity index (χ4v) is 7.55. The van der Waals surface area contributed by atoms with E-state index in [1.807, 2.05) is 0 Å². The van der Waals surface area contributed by atoms with Crippen molar-refractivity contribution >= 4 is 31.6 Å². The van der Waals surface area contributed by atoms with E-state index in [1.165, 1.54) is 17.8 Å². The topological polar surface area (TPSA) is 71.5 Å². The molecule has 1 aromatic rings. The molecule has 1 saturated heterocycles. The Hall–Kier alpha value is -0.570. The first-order valence-electron chi connectivity index (χ1n) is 6.08. The van der Waals surface area contributed by atoms with Crippen molar-refractivity contribution in [3.8, 4) is 0 Å². The molecule has 1 unspecified atom stereocenters. The predicted molar refractivity (Wildman–Crippen MR) is 81.0 cm³/mol. The second-order valence-corrected chi connectivity index (χ2v) is 9.95. The maximum atomic E-state index is 12.7. The van der Waals surface area contributed by atoms with E-state index in [4.69, 9.17) is 0 Å². The lowest BCUT2D eigenvalue weighted by Crippen LogP contribution is -2.49. The van der Waals surface area contributed by atoms with Crippen LogP contribution >= 0.6 is 11.8 Å². The second-order valence-electron chi connectivity index (χ2n) is 4.74. The lowest BCUT2D eigenvalue weighted by atomic mass is 10.2. The summed E-state index contributed by atoms with van der Waals surface area (Å²) < 4.78 is 50.2. The smallest absolute Gasteiger partial charge is 0.227 e. The molecule has 20 heavy (non-hydrogen) atoms. The van der Waals surface area contributed by atoms with Gasteiger partial charge in [-0.25, -0.2) is 16.8 Å². The Labute approximate surface area is 124 Å². The molecule has 1 fully saturated rings. The van der Waals surface area contributed by atoms with Crippen LogP contribution in [-0.2, 0) is 19.9 Å². The van der Waals surface area contributed by atoms with Gasteiger partial charge in [-0.15, -0.1) is 0 Å². The van der Waals surface area contributed by atoms with E-state index in [0.29, 0.717) is 11.3 Å². The average molecular weight is 335 g/mol. The van der Waals surface area contributed by atoms with Crippen molar-refractivity contribution in [2.45, 2.75) is 17.2 Å². The summed E-state index contributed by atoms with van der Waals surface area (Å²) in [5.41, 5.74) is 0.623. The lowest BCUT2D eigenvalue weighted by molar-refractivity contribution is 0.404. The molecule has 5 nitrogen and oxygen atoms in total. The zero-order valence-electron chi connectivity index (χ0n) is 11.3. The highest BCUT2D eigenvalue weighted by molar-refractivity contribution is 8.01. The van der Waals surface area contributed by atoms with Gasteiger partial charge in [0.15, 0.2) is 9.84 Å². The monoisotopic (exact) mass is 335 g/mol. The minimum atomic E-state index is -3.78. The van der Waals surface area contributed by atoms with Crippen molar-refractivity contribution < 1.29 is 16.8 Å². The molecule has 1 atom stereocenters. The normalized spacial score (nSPS) is 21.8. The van der Waals surface area contributed by atoms with Crippen molar-refractivity contribution in [2.24, 2.45) is 0 Å². The fourth-order valence-electron chi connectivity index (χ4n) is 2.15. The van der Waals surface area contributed by atoms with Gasteiger partial charge in [0.25, 0.3) is 0 Å². The predicted octanol–water partition coefficient (Wildman–Crippen LogP) is 1.10. The molecule has 2 rings (SSSR count). The molecule has 1 aromatic carbocycles. The van der Waals surface area contributed by atoms with E-state index in [1.54, 1.807) is 25.1 Å². The maximum Gasteiger partial charge on any atom is 0.244 e. The molecule has 0 N–H and O–H groups in total. The van der Waals surface area contributed by atoms with Gasteiger partial charge >= 0.3 is 0 Å². The zero-order valence-corrected chi connectivity index (χ0v) is 13.8. The van der Waals surface area contributed by atoms with Crippen LogP contribution in [0.1, 0.15) is 5.56 Å². The zero-order chi connectivity index (χ0) is 15.0. The fraction of sp³-hybridized carbons (Fsp3) is 0.500. The molecule has 0 amide bonds. The molecule has 0 radical (unpaired) electrons. The average Bonchev–Trinajstić information content (AvgIpc) is 2.38. The number of hydrogen-bond donors (Lipinski definition) is 0. The SMILES string of the molecule is Cc1ccccc1S(=O)(=O)N1CCSCC1S(C)(=O)=O. The van der Waals surface area contributed by atoms with Crippen LogP contribution in [0.15, 0.2) is 29.2 Å². The van der Waals surface area contributed by atoms with E-state index in [0.717, 1.165) is 10.6 Å². The van der Waals surface area contributed by atoms with Crippen LogP contribution in [0.3, 0.4) is 0 Å². The third-order valence-electron chi connectivity index (χ3n) is 3.21. The van der Waals surface area contributed by atoms with Gasteiger partial charge in [-0.1, -0.05) is 18.2 Å². The van der Waals surface area contributed by atoms with Crippen LogP contribution in [0.5, 0.6) is 0 Å². The number of nitrogens with zero attached hydrogens (tertiary/aromatic N) is 1.